The molecule has 2 N–H and O–H groups in total. The summed E-state index contributed by atoms with van der Waals surface area (Å²) in [6, 6.07) is 7.41. The summed E-state index contributed by atoms with van der Waals surface area (Å²) in [6.07, 6.45) is 4.37. The lowest BCUT2D eigenvalue weighted by Crippen LogP contribution is -2.59. The van der Waals surface area contributed by atoms with Crippen molar-refractivity contribution in [2.75, 3.05) is 27.4 Å². The Morgan fingerprint density at radius 1 is 1.09 bits per heavy atom. The average molecular weight is 628 g/mol. The summed E-state index contributed by atoms with van der Waals surface area (Å²) in [5.74, 6) is -3.32. The van der Waals surface area contributed by atoms with Crippen LogP contribution in [0.1, 0.15) is 91.8 Å². The largest absolute Gasteiger partial charge is 0.496 e. The molecule has 1 atom stereocenters. The maximum absolute atomic E-state index is 14.6. The zero-order valence-electron chi connectivity index (χ0n) is 26.9. The Kier molecular flexibility index (Phi) is 10.5. The van der Waals surface area contributed by atoms with Gasteiger partial charge < -0.3 is 29.4 Å². The first-order valence-corrected chi connectivity index (χ1v) is 15.4. The van der Waals surface area contributed by atoms with E-state index in [0.29, 0.717) is 23.1 Å². The molecule has 1 fully saturated rings. The van der Waals surface area contributed by atoms with E-state index < -0.39 is 29.0 Å². The van der Waals surface area contributed by atoms with Crippen LogP contribution in [0.5, 0.6) is 5.75 Å². The van der Waals surface area contributed by atoms with Gasteiger partial charge in [-0.3, -0.25) is 14.4 Å². The zero-order valence-corrected chi connectivity index (χ0v) is 26.9. The third-order valence-corrected chi connectivity index (χ3v) is 8.96. The summed E-state index contributed by atoms with van der Waals surface area (Å²) >= 11 is 0. The lowest BCUT2D eigenvalue weighted by molar-refractivity contribution is -0.132. The number of ether oxygens (including phenoxy) is 2. The average Bonchev–Trinajstić information content (AvgIpc) is 3.38. The minimum absolute atomic E-state index is 0.0551. The van der Waals surface area contributed by atoms with Crippen LogP contribution in [0.2, 0.25) is 0 Å². The Hall–Kier alpha value is -3.99. The molecule has 1 aromatic heterocycles. The van der Waals surface area contributed by atoms with Gasteiger partial charge >= 0.3 is 0 Å². The topological polar surface area (TPSA) is 110 Å². The van der Waals surface area contributed by atoms with Crippen molar-refractivity contribution in [3.63, 3.8) is 0 Å². The molecule has 244 valence electrons. The highest BCUT2D eigenvalue weighted by molar-refractivity contribution is 6.04. The van der Waals surface area contributed by atoms with Crippen LogP contribution >= 0.6 is 0 Å². The number of benzene rings is 2. The van der Waals surface area contributed by atoms with Gasteiger partial charge in [0.25, 0.3) is 11.8 Å². The molecule has 0 radical (unpaired) electrons. The third-order valence-electron chi connectivity index (χ3n) is 8.96. The third kappa shape index (κ3) is 6.83. The normalized spacial score (nSPS) is 15.2. The van der Waals surface area contributed by atoms with Gasteiger partial charge in [0.15, 0.2) is 17.4 Å². The molecule has 1 saturated carbocycles. The summed E-state index contributed by atoms with van der Waals surface area (Å²) in [7, 11) is 2.82. The number of nitrogens with one attached hydrogen (secondary N) is 2. The van der Waals surface area contributed by atoms with Crippen LogP contribution in [0.15, 0.2) is 34.7 Å². The molecule has 0 spiro atoms. The van der Waals surface area contributed by atoms with Gasteiger partial charge in [-0.2, -0.15) is 0 Å². The van der Waals surface area contributed by atoms with E-state index in [2.05, 4.69) is 10.6 Å². The molecular weight excluding hydrogens is 584 g/mol. The van der Waals surface area contributed by atoms with Gasteiger partial charge in [-0.1, -0.05) is 26.3 Å². The Morgan fingerprint density at radius 3 is 2.42 bits per heavy atom. The van der Waals surface area contributed by atoms with Crippen molar-refractivity contribution in [2.24, 2.45) is 0 Å². The second-order valence-corrected chi connectivity index (χ2v) is 12.0. The van der Waals surface area contributed by atoms with E-state index >= 15 is 0 Å². The smallest absolute Gasteiger partial charge is 0.290 e. The number of halogens is 2. The van der Waals surface area contributed by atoms with Crippen LogP contribution in [0.25, 0.3) is 11.0 Å². The second kappa shape index (κ2) is 14.0. The molecule has 11 heteroatoms. The molecule has 2 aromatic carbocycles. The van der Waals surface area contributed by atoms with Crippen LogP contribution < -0.4 is 15.4 Å². The second-order valence-electron chi connectivity index (χ2n) is 12.0. The van der Waals surface area contributed by atoms with Crippen molar-refractivity contribution in [2.45, 2.75) is 83.8 Å². The summed E-state index contributed by atoms with van der Waals surface area (Å²) < 4.78 is 45.3. The number of aryl methyl sites for hydroxylation is 1. The van der Waals surface area contributed by atoms with Crippen LogP contribution in [-0.4, -0.2) is 61.1 Å². The van der Waals surface area contributed by atoms with Crippen LogP contribution in [-0.2, 0) is 22.5 Å². The van der Waals surface area contributed by atoms with Gasteiger partial charge in [0.2, 0.25) is 5.91 Å². The molecule has 0 saturated heterocycles. The van der Waals surface area contributed by atoms with E-state index in [-0.39, 0.29) is 54.6 Å². The molecule has 0 bridgehead atoms. The number of furan rings is 1. The van der Waals surface area contributed by atoms with Gasteiger partial charge in [-0.15, -0.1) is 0 Å². The van der Waals surface area contributed by atoms with E-state index in [4.69, 9.17) is 13.9 Å². The van der Waals surface area contributed by atoms with Crippen molar-refractivity contribution < 1.29 is 37.1 Å². The molecule has 0 aliphatic heterocycles. The first-order chi connectivity index (χ1) is 21.4. The molecule has 1 unspecified atom stereocenters. The number of nitrogens with zero attached hydrogens (tertiary/aromatic N) is 1. The van der Waals surface area contributed by atoms with E-state index in [1.807, 2.05) is 13.8 Å². The first kappa shape index (κ1) is 33.9. The number of hydrogen-bond donors (Lipinski definition) is 2. The Labute approximate surface area is 262 Å². The molecule has 1 aliphatic rings. The fraction of sp³-hybridized carbons (Fsp3) is 0.500. The van der Waals surface area contributed by atoms with Crippen LogP contribution in [0.3, 0.4) is 0 Å². The molecule has 9 nitrogen and oxygen atoms in total. The Bertz CT molecular complexity index is 1570. The standard InChI is InChI=1S/C34H43F2N3O6/c1-7-10-23-22-12-11-21(30(40)38-33(3)15-9-16-33)19-27(22)45-29(23)31(41)39(17-18-43-5)34(4,8-2)32(42)37-20-24-26(44-6)14-13-25(35)28(24)36/h11-14,19H,7-10,15-18,20H2,1-6H3,(H,37,42)(H,38,40). The molecule has 4 rings (SSSR count). The number of methoxy groups -OCH3 is 2. The van der Waals surface area contributed by atoms with E-state index in [1.165, 1.54) is 25.2 Å². The highest BCUT2D eigenvalue weighted by Crippen LogP contribution is 2.34. The molecular formula is C34H43F2N3O6. The van der Waals surface area contributed by atoms with Crippen LogP contribution in [0, 0.1) is 11.6 Å². The lowest BCUT2D eigenvalue weighted by atomic mass is 9.78. The van der Waals surface area contributed by atoms with Gasteiger partial charge in [0.05, 0.1) is 19.3 Å². The molecule has 45 heavy (non-hydrogen) atoms. The maximum Gasteiger partial charge on any atom is 0.290 e. The SMILES string of the molecule is CCCc1c(C(=O)N(CCOC)C(C)(CC)C(=O)NCc2c(OC)ccc(F)c2F)oc2cc(C(=O)NC3(C)CCC3)ccc12. The van der Waals surface area contributed by atoms with Crippen molar-refractivity contribution in [3.8, 4) is 5.75 Å². The van der Waals surface area contributed by atoms with Gasteiger partial charge in [-0.25, -0.2) is 8.78 Å². The van der Waals surface area contributed by atoms with Gasteiger partial charge in [-0.05, 0) is 70.2 Å². The van der Waals surface area contributed by atoms with Crippen molar-refractivity contribution in [3.05, 3.63) is 64.4 Å². The summed E-state index contributed by atoms with van der Waals surface area (Å²) in [5.41, 5.74) is -0.270. The Balaban J connectivity index is 1.68. The van der Waals surface area contributed by atoms with E-state index in [1.54, 1.807) is 32.0 Å². The fourth-order valence-corrected chi connectivity index (χ4v) is 5.78. The number of rotatable bonds is 14. The predicted molar refractivity (Wildman–Crippen MR) is 166 cm³/mol. The van der Waals surface area contributed by atoms with E-state index in [9.17, 15) is 23.2 Å². The molecule has 1 aliphatic carbocycles. The Morgan fingerprint density at radius 2 is 1.82 bits per heavy atom. The first-order valence-electron chi connectivity index (χ1n) is 15.4. The number of fused-ring (bicyclic) bond motifs is 1. The lowest BCUT2D eigenvalue weighted by Gasteiger charge is -2.39. The zero-order chi connectivity index (χ0) is 32.9. The van der Waals surface area contributed by atoms with E-state index in [0.717, 1.165) is 37.1 Å². The van der Waals surface area contributed by atoms with Crippen LogP contribution in [0.4, 0.5) is 8.78 Å². The predicted octanol–water partition coefficient (Wildman–Crippen LogP) is 5.92. The van der Waals surface area contributed by atoms with Crippen molar-refractivity contribution in [1.29, 1.82) is 0 Å². The highest BCUT2D eigenvalue weighted by atomic mass is 19.2. The van der Waals surface area contributed by atoms with Crippen molar-refractivity contribution in [1.82, 2.24) is 15.5 Å². The summed E-state index contributed by atoms with van der Waals surface area (Å²) in [5, 5.41) is 6.49. The highest BCUT2D eigenvalue weighted by Gasteiger charge is 2.43. The van der Waals surface area contributed by atoms with Gasteiger partial charge in [0, 0.05) is 42.3 Å². The summed E-state index contributed by atoms with van der Waals surface area (Å²) in [6.45, 7) is 7.21. The number of carbonyl (C=O) groups is 3. The fourth-order valence-electron chi connectivity index (χ4n) is 5.78. The monoisotopic (exact) mass is 627 g/mol. The number of hydrogen-bond acceptors (Lipinski definition) is 6. The summed E-state index contributed by atoms with van der Waals surface area (Å²) in [4.78, 5) is 42.5. The minimum atomic E-state index is -1.42. The molecule has 1 heterocycles. The maximum atomic E-state index is 14.6. The minimum Gasteiger partial charge on any atom is -0.496 e. The van der Waals surface area contributed by atoms with Crippen molar-refractivity contribution >= 4 is 28.7 Å². The molecule has 3 amide bonds. The van der Waals surface area contributed by atoms with Gasteiger partial charge in [0.1, 0.15) is 16.9 Å². The number of amides is 3. The molecule has 3 aromatic rings. The quantitative estimate of drug-likeness (QED) is 0.230. The number of carbonyl (C=O) groups excluding carboxylic acids is 3.